The Balaban J connectivity index is 1.40. The second-order valence-electron chi connectivity index (χ2n) is 7.41. The molecule has 6 heteroatoms. The monoisotopic (exact) mass is 391 g/mol. The Morgan fingerprint density at radius 3 is 2.69 bits per heavy atom. The zero-order valence-electron chi connectivity index (χ0n) is 17.2. The molecule has 1 fully saturated rings. The van der Waals surface area contributed by atoms with Gasteiger partial charge in [-0.3, -0.25) is 0 Å². The number of hydrogen-bond acceptors (Lipinski definition) is 4. The Kier molecular flexibility index (Phi) is 5.98. The largest absolute Gasteiger partial charge is 0.459 e. The summed E-state index contributed by atoms with van der Waals surface area (Å²) < 4.78 is 5.99. The zero-order chi connectivity index (χ0) is 20.1. The molecule has 1 saturated heterocycles. The van der Waals surface area contributed by atoms with Gasteiger partial charge in [0.05, 0.1) is 13.1 Å². The van der Waals surface area contributed by atoms with Crippen LogP contribution in [0.15, 0.2) is 52.0 Å². The normalized spacial score (nSPS) is 14.6. The lowest BCUT2D eigenvalue weighted by atomic mass is 10.1. The maximum absolute atomic E-state index is 5.99. The fraction of sp³-hybridized carbons (Fsp3) is 0.391. The molecule has 0 radical (unpaired) electrons. The molecular weight excluding hydrogens is 362 g/mol. The van der Waals surface area contributed by atoms with Crippen LogP contribution in [0.1, 0.15) is 36.7 Å². The fourth-order valence-corrected chi connectivity index (χ4v) is 3.71. The third-order valence-corrected chi connectivity index (χ3v) is 5.36. The smallest absolute Gasteiger partial charge is 0.191 e. The molecule has 152 valence electrons. The van der Waals surface area contributed by atoms with Crippen molar-refractivity contribution >= 4 is 22.7 Å². The van der Waals surface area contributed by atoms with E-state index in [-0.39, 0.29) is 0 Å². The van der Waals surface area contributed by atoms with Gasteiger partial charge in [0.1, 0.15) is 17.2 Å². The third kappa shape index (κ3) is 4.53. The van der Waals surface area contributed by atoms with E-state index in [0.29, 0.717) is 13.1 Å². The van der Waals surface area contributed by atoms with Crippen LogP contribution in [0.4, 0.5) is 5.82 Å². The maximum atomic E-state index is 5.99. The van der Waals surface area contributed by atoms with Gasteiger partial charge < -0.3 is 20.0 Å². The van der Waals surface area contributed by atoms with E-state index in [4.69, 9.17) is 9.41 Å². The third-order valence-electron chi connectivity index (χ3n) is 5.36. The van der Waals surface area contributed by atoms with Gasteiger partial charge in [-0.25, -0.2) is 9.98 Å². The van der Waals surface area contributed by atoms with Crippen molar-refractivity contribution in [3.05, 3.63) is 59.5 Å². The highest BCUT2D eigenvalue weighted by molar-refractivity contribution is 5.83. The van der Waals surface area contributed by atoms with Crippen molar-refractivity contribution in [2.24, 2.45) is 4.99 Å². The Hall–Kier alpha value is -3.02. The number of furan rings is 1. The minimum atomic E-state index is 0.585. The summed E-state index contributed by atoms with van der Waals surface area (Å²) in [7, 11) is 0. The van der Waals surface area contributed by atoms with Crippen molar-refractivity contribution in [2.45, 2.75) is 39.8 Å². The number of nitrogens with one attached hydrogen (secondary N) is 2. The number of guanidine groups is 1. The summed E-state index contributed by atoms with van der Waals surface area (Å²) >= 11 is 0. The molecule has 1 aliphatic heterocycles. The van der Waals surface area contributed by atoms with Crippen molar-refractivity contribution in [3.8, 4) is 0 Å². The second-order valence-corrected chi connectivity index (χ2v) is 7.41. The van der Waals surface area contributed by atoms with Crippen LogP contribution in [0.2, 0.25) is 0 Å². The summed E-state index contributed by atoms with van der Waals surface area (Å²) in [6.07, 6.45) is 4.45. The van der Waals surface area contributed by atoms with Crippen molar-refractivity contribution in [1.82, 2.24) is 15.6 Å². The predicted molar refractivity (Wildman–Crippen MR) is 118 cm³/mol. The van der Waals surface area contributed by atoms with Gasteiger partial charge in [-0.05, 0) is 44.4 Å². The van der Waals surface area contributed by atoms with Gasteiger partial charge in [0, 0.05) is 36.8 Å². The molecule has 1 aliphatic rings. The van der Waals surface area contributed by atoms with E-state index in [1.54, 1.807) is 0 Å². The number of hydrogen-bond donors (Lipinski definition) is 2. The fourth-order valence-electron chi connectivity index (χ4n) is 3.71. The predicted octanol–water partition coefficient (Wildman–Crippen LogP) is 3.99. The minimum absolute atomic E-state index is 0.585. The number of aryl methyl sites for hydroxylation is 1. The van der Waals surface area contributed by atoms with Gasteiger partial charge in [0.2, 0.25) is 0 Å². The first-order valence-electron chi connectivity index (χ1n) is 10.4. The Bertz CT molecular complexity index is 971. The summed E-state index contributed by atoms with van der Waals surface area (Å²) in [5.74, 6) is 2.78. The standard InChI is InChI=1S/C23H29N5O/c1-3-24-23(27-16-21-17(2)19-8-4-5-9-20(19)29-21)26-15-18-10-11-22(25-14-18)28-12-6-7-13-28/h4-5,8-11,14H,3,6-7,12-13,15-16H2,1-2H3,(H2,24,26,27). The average Bonchev–Trinajstić information content (AvgIpc) is 3.39. The minimum Gasteiger partial charge on any atom is -0.459 e. The molecule has 3 heterocycles. The van der Waals surface area contributed by atoms with Crippen LogP contribution >= 0.6 is 0 Å². The summed E-state index contributed by atoms with van der Waals surface area (Å²) in [6.45, 7) is 8.37. The highest BCUT2D eigenvalue weighted by Crippen LogP contribution is 2.24. The quantitative estimate of drug-likeness (QED) is 0.491. The first-order valence-corrected chi connectivity index (χ1v) is 10.4. The molecular formula is C23H29N5O. The first kappa shape index (κ1) is 19.3. The van der Waals surface area contributed by atoms with Gasteiger partial charge in [-0.15, -0.1) is 0 Å². The van der Waals surface area contributed by atoms with Gasteiger partial charge in [-0.1, -0.05) is 24.3 Å². The molecule has 2 N–H and O–H groups in total. The molecule has 6 nitrogen and oxygen atoms in total. The topological polar surface area (TPSA) is 65.7 Å². The number of para-hydroxylation sites is 1. The molecule has 29 heavy (non-hydrogen) atoms. The van der Waals surface area contributed by atoms with Crippen LogP contribution in [0.5, 0.6) is 0 Å². The number of rotatable bonds is 6. The lowest BCUT2D eigenvalue weighted by Gasteiger charge is -2.16. The lowest BCUT2D eigenvalue weighted by Crippen LogP contribution is -2.36. The Labute approximate surface area is 172 Å². The van der Waals surface area contributed by atoms with Crippen LogP contribution in [0, 0.1) is 6.92 Å². The lowest BCUT2D eigenvalue weighted by molar-refractivity contribution is 0.534. The number of pyridine rings is 1. The number of benzene rings is 1. The summed E-state index contributed by atoms with van der Waals surface area (Å²) in [5, 5.41) is 7.85. The maximum Gasteiger partial charge on any atom is 0.191 e. The molecule has 3 aromatic rings. The van der Waals surface area contributed by atoms with Crippen LogP contribution in [0.25, 0.3) is 11.0 Å². The van der Waals surface area contributed by atoms with Crippen molar-refractivity contribution < 1.29 is 4.42 Å². The molecule has 0 bridgehead atoms. The van der Waals surface area contributed by atoms with E-state index in [1.165, 1.54) is 18.4 Å². The van der Waals surface area contributed by atoms with Crippen molar-refractivity contribution in [2.75, 3.05) is 24.5 Å². The molecule has 4 rings (SSSR count). The molecule has 0 aliphatic carbocycles. The molecule has 0 amide bonds. The van der Waals surface area contributed by atoms with Crippen LogP contribution in [-0.2, 0) is 13.1 Å². The number of aliphatic imine (C=N–C) groups is 1. The number of fused-ring (bicyclic) bond motifs is 1. The van der Waals surface area contributed by atoms with Gasteiger partial charge in [0.15, 0.2) is 5.96 Å². The Morgan fingerprint density at radius 2 is 1.97 bits per heavy atom. The highest BCUT2D eigenvalue weighted by atomic mass is 16.3. The molecule has 0 atom stereocenters. The van der Waals surface area contributed by atoms with Crippen LogP contribution in [0.3, 0.4) is 0 Å². The number of anilines is 1. The van der Waals surface area contributed by atoms with E-state index in [1.807, 2.05) is 24.4 Å². The van der Waals surface area contributed by atoms with E-state index >= 15 is 0 Å². The summed E-state index contributed by atoms with van der Waals surface area (Å²) in [5.41, 5.74) is 3.20. The highest BCUT2D eigenvalue weighted by Gasteiger charge is 2.13. The van der Waals surface area contributed by atoms with Gasteiger partial charge >= 0.3 is 0 Å². The zero-order valence-corrected chi connectivity index (χ0v) is 17.2. The van der Waals surface area contributed by atoms with Crippen molar-refractivity contribution in [3.63, 3.8) is 0 Å². The number of aromatic nitrogens is 1. The second kappa shape index (κ2) is 8.99. The van der Waals surface area contributed by atoms with Gasteiger partial charge in [0.25, 0.3) is 0 Å². The summed E-state index contributed by atoms with van der Waals surface area (Å²) in [4.78, 5) is 11.7. The van der Waals surface area contributed by atoms with E-state index in [2.05, 4.69) is 52.6 Å². The molecule has 2 aromatic heterocycles. The van der Waals surface area contributed by atoms with E-state index < -0.39 is 0 Å². The van der Waals surface area contributed by atoms with Crippen molar-refractivity contribution in [1.29, 1.82) is 0 Å². The van der Waals surface area contributed by atoms with E-state index in [9.17, 15) is 0 Å². The van der Waals surface area contributed by atoms with Crippen LogP contribution < -0.4 is 15.5 Å². The van der Waals surface area contributed by atoms with Gasteiger partial charge in [-0.2, -0.15) is 0 Å². The van der Waals surface area contributed by atoms with E-state index in [0.717, 1.165) is 53.7 Å². The SMILES string of the molecule is CCNC(=NCc1ccc(N2CCCC2)nc1)NCc1oc2ccccc2c1C. The van der Waals surface area contributed by atoms with Crippen LogP contribution in [-0.4, -0.2) is 30.6 Å². The first-order chi connectivity index (χ1) is 14.2. The summed E-state index contributed by atoms with van der Waals surface area (Å²) in [6, 6.07) is 12.4. The molecule has 0 saturated carbocycles. The molecule has 1 aromatic carbocycles. The number of nitrogens with zero attached hydrogens (tertiary/aromatic N) is 3. The average molecular weight is 392 g/mol. The molecule has 0 unspecified atom stereocenters. The molecule has 0 spiro atoms. The Morgan fingerprint density at radius 1 is 1.14 bits per heavy atom.